The number of carbonyl (C=O) groups is 1. The molecule has 4 rings (SSSR count). The number of aromatic nitrogens is 2. The first-order valence-corrected chi connectivity index (χ1v) is 10.5. The minimum absolute atomic E-state index is 0.0490. The Kier molecular flexibility index (Phi) is 4.99. The van der Waals surface area contributed by atoms with Crippen LogP contribution in [0.3, 0.4) is 0 Å². The van der Waals surface area contributed by atoms with Crippen LogP contribution in [0, 0.1) is 18.8 Å². The monoisotopic (exact) mass is 378 g/mol. The van der Waals surface area contributed by atoms with Crippen LogP contribution in [0.5, 0.6) is 0 Å². The van der Waals surface area contributed by atoms with Crippen molar-refractivity contribution in [2.75, 3.05) is 6.61 Å². The Labute approximate surface area is 155 Å². The number of aliphatic hydroxyl groups is 1. The largest absolute Gasteiger partial charge is 0.389 e. The van der Waals surface area contributed by atoms with E-state index in [0.29, 0.717) is 11.4 Å². The SMILES string of the molecule is Cc1nc(CO)sc1-c1csc(CC(=O)C2CC(OCC3CC3)C2)n1. The van der Waals surface area contributed by atoms with Gasteiger partial charge in [-0.25, -0.2) is 9.97 Å². The molecule has 0 unspecified atom stereocenters. The summed E-state index contributed by atoms with van der Waals surface area (Å²) in [5.74, 6) is 1.21. The van der Waals surface area contributed by atoms with Crippen molar-refractivity contribution in [1.29, 1.82) is 0 Å². The number of carbonyl (C=O) groups excluding carboxylic acids is 1. The number of rotatable bonds is 8. The summed E-state index contributed by atoms with van der Waals surface area (Å²) in [5, 5.41) is 12.7. The predicted octanol–water partition coefficient (Wildman–Crippen LogP) is 3.38. The summed E-state index contributed by atoms with van der Waals surface area (Å²) in [7, 11) is 0. The van der Waals surface area contributed by atoms with Crippen LogP contribution in [0.15, 0.2) is 5.38 Å². The molecule has 2 saturated carbocycles. The first kappa shape index (κ1) is 17.3. The number of hydrogen-bond donors (Lipinski definition) is 1. The van der Waals surface area contributed by atoms with Gasteiger partial charge in [-0.1, -0.05) is 0 Å². The number of aliphatic hydroxyl groups excluding tert-OH is 1. The van der Waals surface area contributed by atoms with E-state index in [1.54, 1.807) is 0 Å². The minimum atomic E-state index is -0.0490. The Morgan fingerprint density at radius 1 is 1.32 bits per heavy atom. The normalized spacial score (nSPS) is 22.8. The summed E-state index contributed by atoms with van der Waals surface area (Å²) in [6.45, 7) is 2.75. The predicted molar refractivity (Wildman–Crippen MR) is 97.8 cm³/mol. The van der Waals surface area contributed by atoms with Crippen molar-refractivity contribution in [3.63, 3.8) is 0 Å². The molecule has 25 heavy (non-hydrogen) atoms. The molecule has 0 spiro atoms. The molecule has 5 nitrogen and oxygen atoms in total. The minimum Gasteiger partial charge on any atom is -0.389 e. The molecule has 2 aliphatic rings. The lowest BCUT2D eigenvalue weighted by Gasteiger charge is -2.34. The molecule has 0 saturated heterocycles. The van der Waals surface area contributed by atoms with Crippen molar-refractivity contribution in [2.45, 2.75) is 51.7 Å². The molecule has 0 aromatic carbocycles. The third-order valence-corrected chi connectivity index (χ3v) is 6.91. The molecular weight excluding hydrogens is 356 g/mol. The van der Waals surface area contributed by atoms with Gasteiger partial charge in [-0.3, -0.25) is 4.79 Å². The van der Waals surface area contributed by atoms with Crippen LogP contribution in [0.2, 0.25) is 0 Å². The van der Waals surface area contributed by atoms with Gasteiger partial charge in [0.1, 0.15) is 15.8 Å². The van der Waals surface area contributed by atoms with Gasteiger partial charge in [-0.15, -0.1) is 22.7 Å². The van der Waals surface area contributed by atoms with E-state index in [1.807, 2.05) is 12.3 Å². The van der Waals surface area contributed by atoms with Crippen LogP contribution in [0.4, 0.5) is 0 Å². The van der Waals surface area contributed by atoms with Gasteiger partial charge in [0.05, 0.1) is 35.4 Å². The highest BCUT2D eigenvalue weighted by atomic mass is 32.1. The highest BCUT2D eigenvalue weighted by Crippen LogP contribution is 2.36. The Morgan fingerprint density at radius 2 is 2.12 bits per heavy atom. The Bertz CT molecular complexity index is 760. The van der Waals surface area contributed by atoms with E-state index in [1.165, 1.54) is 35.5 Å². The lowest BCUT2D eigenvalue weighted by molar-refractivity contribution is -0.131. The van der Waals surface area contributed by atoms with Crippen LogP contribution in [0.25, 0.3) is 10.6 Å². The third-order valence-electron chi connectivity index (χ3n) is 4.90. The summed E-state index contributed by atoms with van der Waals surface area (Å²) in [5.41, 5.74) is 1.74. The van der Waals surface area contributed by atoms with Crippen molar-refractivity contribution in [2.24, 2.45) is 11.8 Å². The average molecular weight is 379 g/mol. The summed E-state index contributed by atoms with van der Waals surface area (Å²) in [4.78, 5) is 22.3. The second kappa shape index (κ2) is 7.23. The number of ether oxygens (including phenoxy) is 1. The van der Waals surface area contributed by atoms with Gasteiger partial charge >= 0.3 is 0 Å². The van der Waals surface area contributed by atoms with Crippen molar-refractivity contribution in [3.8, 4) is 10.6 Å². The number of thiazole rings is 2. The van der Waals surface area contributed by atoms with Crippen LogP contribution >= 0.6 is 22.7 Å². The van der Waals surface area contributed by atoms with Gasteiger partial charge in [0, 0.05) is 17.9 Å². The lowest BCUT2D eigenvalue weighted by atomic mass is 9.78. The quantitative estimate of drug-likeness (QED) is 0.762. The molecular formula is C18H22N2O3S2. The molecule has 0 aliphatic heterocycles. The van der Waals surface area contributed by atoms with E-state index >= 15 is 0 Å². The molecule has 0 bridgehead atoms. The van der Waals surface area contributed by atoms with Gasteiger partial charge in [-0.2, -0.15) is 0 Å². The molecule has 0 radical (unpaired) electrons. The van der Waals surface area contributed by atoms with Gasteiger partial charge in [0.25, 0.3) is 0 Å². The maximum atomic E-state index is 12.4. The summed E-state index contributed by atoms with van der Waals surface area (Å²) < 4.78 is 5.83. The standard InChI is InChI=1S/C18H22N2O3S2/c1-10-18(25-17(7-21)19-10)14-9-24-16(20-14)6-15(22)12-4-13(5-12)23-8-11-2-3-11/h9,11-13,21H,2-8H2,1H3. The molecule has 134 valence electrons. The topological polar surface area (TPSA) is 72.3 Å². The maximum Gasteiger partial charge on any atom is 0.142 e. The fourth-order valence-electron chi connectivity index (χ4n) is 3.07. The molecule has 0 amide bonds. The van der Waals surface area contributed by atoms with E-state index in [0.717, 1.165) is 46.6 Å². The number of ketones is 1. The smallest absolute Gasteiger partial charge is 0.142 e. The van der Waals surface area contributed by atoms with Gasteiger partial charge < -0.3 is 9.84 Å². The van der Waals surface area contributed by atoms with Crippen LogP contribution in [-0.2, 0) is 22.6 Å². The Hall–Kier alpha value is -1.15. The number of nitrogens with zero attached hydrogens (tertiary/aromatic N) is 2. The van der Waals surface area contributed by atoms with E-state index in [-0.39, 0.29) is 24.4 Å². The lowest BCUT2D eigenvalue weighted by Crippen LogP contribution is -2.37. The fourth-order valence-corrected chi connectivity index (χ4v) is 4.82. The van der Waals surface area contributed by atoms with E-state index in [9.17, 15) is 9.90 Å². The Balaban J connectivity index is 1.30. The molecule has 2 aromatic rings. The van der Waals surface area contributed by atoms with Crippen LogP contribution < -0.4 is 0 Å². The third kappa shape index (κ3) is 4.00. The molecule has 2 aliphatic carbocycles. The van der Waals surface area contributed by atoms with Crippen molar-refractivity contribution < 1.29 is 14.6 Å². The van der Waals surface area contributed by atoms with E-state index in [4.69, 9.17) is 4.74 Å². The number of aryl methyl sites for hydroxylation is 1. The van der Waals surface area contributed by atoms with E-state index < -0.39 is 0 Å². The van der Waals surface area contributed by atoms with Gasteiger partial charge in [-0.05, 0) is 38.5 Å². The van der Waals surface area contributed by atoms with Gasteiger partial charge in [0.15, 0.2) is 0 Å². The molecule has 7 heteroatoms. The number of Topliss-reactive ketones (excluding diaryl/α,β-unsaturated/α-hetero) is 1. The van der Waals surface area contributed by atoms with Gasteiger partial charge in [0.2, 0.25) is 0 Å². The summed E-state index contributed by atoms with van der Waals surface area (Å²) in [6.07, 6.45) is 5.06. The molecule has 2 heterocycles. The zero-order chi connectivity index (χ0) is 17.4. The van der Waals surface area contributed by atoms with Crippen LogP contribution in [-0.4, -0.2) is 33.6 Å². The fraction of sp³-hybridized carbons (Fsp3) is 0.611. The van der Waals surface area contributed by atoms with Crippen LogP contribution in [0.1, 0.15) is 41.4 Å². The average Bonchev–Trinajstić information content (AvgIpc) is 3.13. The molecule has 2 fully saturated rings. The van der Waals surface area contributed by atoms with Crippen molar-refractivity contribution in [3.05, 3.63) is 21.1 Å². The highest BCUT2D eigenvalue weighted by Gasteiger charge is 2.36. The summed E-state index contributed by atoms with van der Waals surface area (Å²) in [6, 6.07) is 0. The zero-order valence-electron chi connectivity index (χ0n) is 14.2. The summed E-state index contributed by atoms with van der Waals surface area (Å²) >= 11 is 2.99. The maximum absolute atomic E-state index is 12.4. The first-order valence-electron chi connectivity index (χ1n) is 8.78. The van der Waals surface area contributed by atoms with Crippen molar-refractivity contribution in [1.82, 2.24) is 9.97 Å². The zero-order valence-corrected chi connectivity index (χ0v) is 15.9. The molecule has 1 N–H and O–H groups in total. The molecule has 0 atom stereocenters. The first-order chi connectivity index (χ1) is 12.1. The molecule has 2 aromatic heterocycles. The highest BCUT2D eigenvalue weighted by molar-refractivity contribution is 7.16. The van der Waals surface area contributed by atoms with Crippen molar-refractivity contribution >= 4 is 28.5 Å². The second-order valence-corrected chi connectivity index (χ2v) is 9.04. The Morgan fingerprint density at radius 3 is 2.80 bits per heavy atom. The number of hydrogen-bond acceptors (Lipinski definition) is 7. The second-order valence-electron chi connectivity index (χ2n) is 7.02. The van der Waals surface area contributed by atoms with E-state index in [2.05, 4.69) is 9.97 Å².